The van der Waals surface area contributed by atoms with E-state index in [0.29, 0.717) is 18.2 Å². The van der Waals surface area contributed by atoms with Crippen molar-refractivity contribution in [1.29, 1.82) is 0 Å². The van der Waals surface area contributed by atoms with Crippen LogP contribution in [0.2, 0.25) is 0 Å². The van der Waals surface area contributed by atoms with E-state index in [0.717, 1.165) is 17.4 Å². The zero-order valence-corrected chi connectivity index (χ0v) is 12.8. The first-order valence-corrected chi connectivity index (χ1v) is 7.08. The molecule has 0 spiro atoms. The van der Waals surface area contributed by atoms with Gasteiger partial charge in [0.2, 0.25) is 0 Å². The molecule has 0 radical (unpaired) electrons. The zero-order valence-electron chi connectivity index (χ0n) is 11.2. The molecule has 0 aliphatic carbocycles. The second-order valence-electron chi connectivity index (χ2n) is 4.47. The molecule has 0 aliphatic heterocycles. The van der Waals surface area contributed by atoms with Gasteiger partial charge in [0.1, 0.15) is 0 Å². The summed E-state index contributed by atoms with van der Waals surface area (Å²) in [7, 11) is 2.08. The van der Waals surface area contributed by atoms with Crippen LogP contribution >= 0.6 is 15.9 Å². The van der Waals surface area contributed by atoms with Crippen molar-refractivity contribution in [3.8, 4) is 0 Å². The van der Waals surface area contributed by atoms with Crippen molar-refractivity contribution in [2.45, 2.75) is 26.3 Å². The molecule has 1 rings (SSSR count). The van der Waals surface area contributed by atoms with E-state index in [4.69, 9.17) is 0 Å². The number of carbonyl (C=O) groups excluding carboxylic acids is 1. The molecule has 0 bridgehead atoms. The fraction of sp³-hybridized carbons (Fsp3) is 0.500. The first-order valence-electron chi connectivity index (χ1n) is 6.29. The predicted molar refractivity (Wildman–Crippen MR) is 78.9 cm³/mol. The Bertz CT molecular complexity index is 395. The van der Waals surface area contributed by atoms with Crippen LogP contribution < -0.4 is 5.32 Å². The minimum Gasteiger partial charge on any atom is -0.351 e. The Morgan fingerprint density at radius 2 is 2.11 bits per heavy atom. The number of hydrogen-bond acceptors (Lipinski definition) is 2. The smallest absolute Gasteiger partial charge is 0.252 e. The van der Waals surface area contributed by atoms with E-state index >= 15 is 0 Å². The Balaban J connectivity index is 2.41. The van der Waals surface area contributed by atoms with Crippen molar-refractivity contribution in [2.24, 2.45) is 0 Å². The third-order valence-corrected chi connectivity index (χ3v) is 3.90. The maximum atomic E-state index is 11.9. The van der Waals surface area contributed by atoms with E-state index in [1.54, 1.807) is 0 Å². The van der Waals surface area contributed by atoms with Gasteiger partial charge in [-0.25, -0.2) is 0 Å². The second kappa shape index (κ2) is 7.54. The number of amides is 1. The first-order chi connectivity index (χ1) is 8.56. The van der Waals surface area contributed by atoms with Crippen LogP contribution in [0.25, 0.3) is 0 Å². The molecule has 3 nitrogen and oxygen atoms in total. The fourth-order valence-corrected chi connectivity index (χ4v) is 2.08. The average Bonchev–Trinajstić information content (AvgIpc) is 2.37. The van der Waals surface area contributed by atoms with Gasteiger partial charge in [0, 0.05) is 23.6 Å². The zero-order chi connectivity index (χ0) is 13.5. The van der Waals surface area contributed by atoms with E-state index in [2.05, 4.69) is 47.0 Å². The number of likely N-dealkylation sites (N-methyl/N-ethyl adjacent to an activating group) is 1. The fourth-order valence-electron chi connectivity index (χ4n) is 1.62. The number of nitrogens with one attached hydrogen (secondary N) is 1. The molecule has 0 fully saturated rings. The molecule has 0 saturated heterocycles. The Morgan fingerprint density at radius 1 is 1.44 bits per heavy atom. The quantitative estimate of drug-likeness (QED) is 0.876. The van der Waals surface area contributed by atoms with Crippen LogP contribution in [0.1, 0.15) is 30.6 Å². The lowest BCUT2D eigenvalue weighted by atomic mass is 10.2. The Labute approximate surface area is 118 Å². The molecule has 1 atom stereocenters. The maximum absolute atomic E-state index is 11.9. The van der Waals surface area contributed by atoms with E-state index in [9.17, 15) is 4.79 Å². The molecule has 1 aromatic rings. The Morgan fingerprint density at radius 3 is 2.72 bits per heavy atom. The summed E-state index contributed by atoms with van der Waals surface area (Å²) < 4.78 is 0.831. The highest BCUT2D eigenvalue weighted by Gasteiger charge is 2.10. The number of nitrogens with zero attached hydrogens (tertiary/aromatic N) is 1. The molecular formula is C14H21BrN2O. The highest BCUT2D eigenvalue weighted by molar-refractivity contribution is 9.10. The second-order valence-corrected chi connectivity index (χ2v) is 5.33. The topological polar surface area (TPSA) is 32.3 Å². The first kappa shape index (κ1) is 15.2. The van der Waals surface area contributed by atoms with Crippen LogP contribution in [0.15, 0.2) is 28.7 Å². The minimum absolute atomic E-state index is 0.0278. The number of halogens is 1. The molecule has 1 aromatic carbocycles. The summed E-state index contributed by atoms with van der Waals surface area (Å²) in [5, 5.41) is 2.94. The van der Waals surface area contributed by atoms with E-state index in [-0.39, 0.29) is 5.91 Å². The van der Waals surface area contributed by atoms with E-state index in [1.165, 1.54) is 0 Å². The molecule has 0 aliphatic rings. The molecule has 1 unspecified atom stereocenters. The van der Waals surface area contributed by atoms with Gasteiger partial charge in [-0.1, -0.05) is 19.1 Å². The van der Waals surface area contributed by atoms with Crippen molar-refractivity contribution >= 4 is 21.8 Å². The van der Waals surface area contributed by atoms with Crippen molar-refractivity contribution in [1.82, 2.24) is 10.2 Å². The van der Waals surface area contributed by atoms with Gasteiger partial charge in [-0.15, -0.1) is 0 Å². The van der Waals surface area contributed by atoms with Crippen LogP contribution in [-0.2, 0) is 0 Å². The van der Waals surface area contributed by atoms with Crippen LogP contribution in [0.5, 0.6) is 0 Å². The standard InChI is InChI=1S/C14H21BrN2O/c1-4-11(2)17(3)10-9-16-14(18)12-7-5-6-8-13(12)15/h5-8,11H,4,9-10H2,1-3H3,(H,16,18). The monoisotopic (exact) mass is 312 g/mol. The lowest BCUT2D eigenvalue weighted by molar-refractivity contribution is 0.0946. The summed E-state index contributed by atoms with van der Waals surface area (Å²) in [6.45, 7) is 5.89. The highest BCUT2D eigenvalue weighted by Crippen LogP contribution is 2.15. The summed E-state index contributed by atoms with van der Waals surface area (Å²) in [4.78, 5) is 14.2. The van der Waals surface area contributed by atoms with Gasteiger partial charge in [0.15, 0.2) is 0 Å². The highest BCUT2D eigenvalue weighted by atomic mass is 79.9. The van der Waals surface area contributed by atoms with Gasteiger partial charge in [0.05, 0.1) is 5.56 Å². The van der Waals surface area contributed by atoms with Crippen molar-refractivity contribution in [3.05, 3.63) is 34.3 Å². The molecule has 1 N–H and O–H groups in total. The number of carbonyl (C=O) groups is 1. The summed E-state index contributed by atoms with van der Waals surface area (Å²) >= 11 is 3.38. The third-order valence-electron chi connectivity index (χ3n) is 3.21. The van der Waals surface area contributed by atoms with Gasteiger partial charge in [-0.05, 0) is 48.5 Å². The predicted octanol–water partition coefficient (Wildman–Crippen LogP) is 2.91. The molecule has 0 saturated carbocycles. The van der Waals surface area contributed by atoms with Gasteiger partial charge >= 0.3 is 0 Å². The molecule has 1 amide bonds. The van der Waals surface area contributed by atoms with Crippen molar-refractivity contribution < 1.29 is 4.79 Å². The number of rotatable bonds is 6. The normalized spacial score (nSPS) is 12.5. The lowest BCUT2D eigenvalue weighted by Crippen LogP contribution is -2.37. The molecular weight excluding hydrogens is 292 g/mol. The number of benzene rings is 1. The van der Waals surface area contributed by atoms with Crippen LogP contribution in [0.3, 0.4) is 0 Å². The van der Waals surface area contributed by atoms with Crippen molar-refractivity contribution in [3.63, 3.8) is 0 Å². The van der Waals surface area contributed by atoms with Gasteiger partial charge in [-0.2, -0.15) is 0 Å². The largest absolute Gasteiger partial charge is 0.351 e. The molecule has 0 heterocycles. The molecule has 100 valence electrons. The van der Waals surface area contributed by atoms with Gasteiger partial charge in [0.25, 0.3) is 5.91 Å². The van der Waals surface area contributed by atoms with Crippen molar-refractivity contribution in [2.75, 3.05) is 20.1 Å². The van der Waals surface area contributed by atoms with Crippen LogP contribution in [-0.4, -0.2) is 37.0 Å². The molecule has 0 aromatic heterocycles. The summed E-state index contributed by atoms with van der Waals surface area (Å²) in [6, 6.07) is 8.01. The van der Waals surface area contributed by atoms with E-state index in [1.807, 2.05) is 24.3 Å². The Kier molecular flexibility index (Phi) is 6.36. The number of hydrogen-bond donors (Lipinski definition) is 1. The molecule has 4 heteroatoms. The molecule has 18 heavy (non-hydrogen) atoms. The SMILES string of the molecule is CCC(C)N(C)CCNC(=O)c1ccccc1Br. The Hall–Kier alpha value is -0.870. The summed E-state index contributed by atoms with van der Waals surface area (Å²) in [6.07, 6.45) is 1.12. The maximum Gasteiger partial charge on any atom is 0.252 e. The average molecular weight is 313 g/mol. The lowest BCUT2D eigenvalue weighted by Gasteiger charge is -2.23. The summed E-state index contributed by atoms with van der Waals surface area (Å²) in [5.41, 5.74) is 0.684. The summed E-state index contributed by atoms with van der Waals surface area (Å²) in [5.74, 6) is -0.0278. The van der Waals surface area contributed by atoms with Crippen LogP contribution in [0.4, 0.5) is 0 Å². The van der Waals surface area contributed by atoms with Crippen LogP contribution in [0, 0.1) is 0 Å². The van der Waals surface area contributed by atoms with Gasteiger partial charge in [-0.3, -0.25) is 4.79 Å². The van der Waals surface area contributed by atoms with E-state index < -0.39 is 0 Å². The minimum atomic E-state index is -0.0278. The third kappa shape index (κ3) is 4.42. The van der Waals surface area contributed by atoms with Gasteiger partial charge < -0.3 is 10.2 Å².